The highest BCUT2D eigenvalue weighted by Gasteiger charge is 2.37. The molecule has 1 N–H and O–H groups in total. The molecular weight excluding hydrogens is 388 g/mol. The van der Waals surface area contributed by atoms with Gasteiger partial charge in [0.25, 0.3) is 0 Å². The molecular formula is C25H38N4O2. The molecule has 0 spiro atoms. The van der Waals surface area contributed by atoms with E-state index >= 15 is 0 Å². The van der Waals surface area contributed by atoms with Crippen molar-refractivity contribution < 1.29 is 9.47 Å². The Morgan fingerprint density at radius 3 is 2.55 bits per heavy atom. The number of hydrogen-bond acceptors (Lipinski definition) is 5. The molecule has 0 amide bonds. The van der Waals surface area contributed by atoms with E-state index < -0.39 is 0 Å². The van der Waals surface area contributed by atoms with Crippen LogP contribution in [0.4, 0.5) is 5.82 Å². The van der Waals surface area contributed by atoms with E-state index in [4.69, 9.17) is 14.6 Å². The molecule has 1 saturated carbocycles. The molecule has 1 aromatic heterocycles. The monoisotopic (exact) mass is 426 g/mol. The van der Waals surface area contributed by atoms with Crippen LogP contribution in [-0.4, -0.2) is 49.7 Å². The Labute approximate surface area is 186 Å². The van der Waals surface area contributed by atoms with Crippen LogP contribution in [0, 0.1) is 0 Å². The lowest BCUT2D eigenvalue weighted by Gasteiger charge is -2.32. The fourth-order valence-electron chi connectivity index (χ4n) is 5.49. The maximum atomic E-state index is 5.74. The summed E-state index contributed by atoms with van der Waals surface area (Å²) in [6.07, 6.45) is 4.98. The largest absolute Gasteiger partial charge is 0.496 e. The summed E-state index contributed by atoms with van der Waals surface area (Å²) in [5, 5.41) is 8.77. The second kappa shape index (κ2) is 9.61. The van der Waals surface area contributed by atoms with Crippen molar-refractivity contribution in [3.05, 3.63) is 41.1 Å². The van der Waals surface area contributed by atoms with E-state index in [1.54, 1.807) is 7.11 Å². The van der Waals surface area contributed by atoms with Crippen molar-refractivity contribution in [1.82, 2.24) is 15.1 Å². The Morgan fingerprint density at radius 2 is 1.87 bits per heavy atom. The maximum absolute atomic E-state index is 5.74. The number of nitrogens with one attached hydrogen (secondary N) is 1. The van der Waals surface area contributed by atoms with E-state index in [2.05, 4.69) is 60.1 Å². The molecule has 1 aliphatic heterocycles. The molecule has 31 heavy (non-hydrogen) atoms. The normalized spacial score (nSPS) is 18.7. The van der Waals surface area contributed by atoms with Gasteiger partial charge in [-0.15, -0.1) is 0 Å². The predicted octanol–water partition coefficient (Wildman–Crippen LogP) is 3.99. The minimum Gasteiger partial charge on any atom is -0.496 e. The molecule has 0 bridgehead atoms. The van der Waals surface area contributed by atoms with Gasteiger partial charge in [0.1, 0.15) is 11.6 Å². The van der Waals surface area contributed by atoms with Gasteiger partial charge in [-0.3, -0.25) is 4.68 Å². The summed E-state index contributed by atoms with van der Waals surface area (Å²) >= 11 is 0. The molecule has 170 valence electrons. The topological polar surface area (TPSA) is 51.5 Å². The Morgan fingerprint density at radius 1 is 1.16 bits per heavy atom. The molecule has 0 atom stereocenters. The number of ether oxygens (including phenoxy) is 2. The molecule has 1 aliphatic carbocycles. The minimum atomic E-state index is 0.145. The smallest absolute Gasteiger partial charge is 0.131 e. The van der Waals surface area contributed by atoms with Gasteiger partial charge >= 0.3 is 0 Å². The number of aromatic nitrogens is 2. The third kappa shape index (κ3) is 4.46. The first-order chi connectivity index (χ1) is 15.1. The summed E-state index contributed by atoms with van der Waals surface area (Å²) in [6.45, 7) is 9.69. The van der Waals surface area contributed by atoms with Crippen molar-refractivity contribution in [3.8, 4) is 5.75 Å². The summed E-state index contributed by atoms with van der Waals surface area (Å²) in [6, 6.07) is 8.57. The predicted molar refractivity (Wildman–Crippen MR) is 125 cm³/mol. The lowest BCUT2D eigenvalue weighted by atomic mass is 9.78. The zero-order valence-corrected chi connectivity index (χ0v) is 19.6. The standard InChI is InChI=1S/C25H38N4O2/c1-19(2)23-20(24(28(3)27-23)29-13-15-31-16-14-29)17-26-18-25(11-7-8-12-25)21-9-5-6-10-22(21)30-4/h5-6,9-10,19,26H,7-8,11-18H2,1-4H3. The molecule has 2 fully saturated rings. The van der Waals surface area contributed by atoms with Crippen LogP contribution in [0.2, 0.25) is 0 Å². The van der Waals surface area contributed by atoms with Gasteiger partial charge in [0.2, 0.25) is 0 Å². The van der Waals surface area contributed by atoms with Gasteiger partial charge in [-0.1, -0.05) is 44.9 Å². The zero-order chi connectivity index (χ0) is 21.8. The van der Waals surface area contributed by atoms with Crippen LogP contribution >= 0.6 is 0 Å². The quantitative estimate of drug-likeness (QED) is 0.692. The van der Waals surface area contributed by atoms with Gasteiger partial charge in [-0.2, -0.15) is 5.10 Å². The van der Waals surface area contributed by atoms with E-state index in [1.165, 1.54) is 48.3 Å². The number of para-hydroxylation sites is 1. The number of rotatable bonds is 8. The Hall–Kier alpha value is -2.05. The lowest BCUT2D eigenvalue weighted by molar-refractivity contribution is 0.122. The highest BCUT2D eigenvalue weighted by Crippen LogP contribution is 2.44. The summed E-state index contributed by atoms with van der Waals surface area (Å²) < 4.78 is 13.4. The van der Waals surface area contributed by atoms with E-state index in [9.17, 15) is 0 Å². The van der Waals surface area contributed by atoms with Crippen LogP contribution in [0.25, 0.3) is 0 Å². The van der Waals surface area contributed by atoms with Crippen LogP contribution in [0.1, 0.15) is 62.3 Å². The van der Waals surface area contributed by atoms with Crippen molar-refractivity contribution in [2.75, 3.05) is 44.9 Å². The van der Waals surface area contributed by atoms with Gasteiger partial charge < -0.3 is 19.7 Å². The summed E-state index contributed by atoms with van der Waals surface area (Å²) in [5.41, 5.74) is 4.04. The summed E-state index contributed by atoms with van der Waals surface area (Å²) in [7, 11) is 3.86. The SMILES string of the molecule is COc1ccccc1C1(CNCc2c(C(C)C)nn(C)c2N2CCOCC2)CCCC1. The number of morpholine rings is 1. The van der Waals surface area contributed by atoms with E-state index in [1.807, 2.05) is 0 Å². The third-order valence-corrected chi connectivity index (χ3v) is 7.01. The van der Waals surface area contributed by atoms with Crippen LogP contribution in [0.5, 0.6) is 5.75 Å². The second-order valence-electron chi connectivity index (χ2n) is 9.36. The van der Waals surface area contributed by atoms with Crippen LogP contribution < -0.4 is 15.0 Å². The van der Waals surface area contributed by atoms with Crippen molar-refractivity contribution in [2.24, 2.45) is 7.05 Å². The number of aryl methyl sites for hydroxylation is 1. The van der Waals surface area contributed by atoms with E-state index in [-0.39, 0.29) is 5.41 Å². The van der Waals surface area contributed by atoms with Crippen LogP contribution in [-0.2, 0) is 23.7 Å². The number of benzene rings is 1. The molecule has 1 saturated heterocycles. The number of methoxy groups -OCH3 is 1. The van der Waals surface area contributed by atoms with Gasteiger partial charge in [0.15, 0.2) is 0 Å². The van der Waals surface area contributed by atoms with E-state index in [0.717, 1.165) is 45.1 Å². The van der Waals surface area contributed by atoms with Crippen molar-refractivity contribution in [1.29, 1.82) is 0 Å². The third-order valence-electron chi connectivity index (χ3n) is 7.01. The molecule has 0 unspecified atom stereocenters. The fraction of sp³-hybridized carbons (Fsp3) is 0.640. The average molecular weight is 427 g/mol. The Bertz CT molecular complexity index is 864. The molecule has 2 aromatic rings. The molecule has 2 aliphatic rings. The van der Waals surface area contributed by atoms with Crippen LogP contribution in [0.3, 0.4) is 0 Å². The first-order valence-corrected chi connectivity index (χ1v) is 11.8. The van der Waals surface area contributed by atoms with Gasteiger partial charge in [0.05, 0.1) is 26.0 Å². The first kappa shape index (κ1) is 22.2. The molecule has 0 radical (unpaired) electrons. The summed E-state index contributed by atoms with van der Waals surface area (Å²) in [4.78, 5) is 2.44. The van der Waals surface area contributed by atoms with Gasteiger partial charge in [-0.25, -0.2) is 0 Å². The molecule has 4 rings (SSSR count). The summed E-state index contributed by atoms with van der Waals surface area (Å²) in [5.74, 6) is 2.66. The average Bonchev–Trinajstić information content (AvgIpc) is 3.40. The van der Waals surface area contributed by atoms with Crippen molar-refractivity contribution in [2.45, 2.75) is 57.4 Å². The zero-order valence-electron chi connectivity index (χ0n) is 19.6. The van der Waals surface area contributed by atoms with Gasteiger partial charge in [0, 0.05) is 49.8 Å². The fourth-order valence-corrected chi connectivity index (χ4v) is 5.49. The molecule has 1 aromatic carbocycles. The highest BCUT2D eigenvalue weighted by molar-refractivity contribution is 5.51. The minimum absolute atomic E-state index is 0.145. The number of nitrogens with zero attached hydrogens (tertiary/aromatic N) is 3. The lowest BCUT2D eigenvalue weighted by Crippen LogP contribution is -2.39. The molecule has 2 heterocycles. The number of hydrogen-bond donors (Lipinski definition) is 1. The second-order valence-corrected chi connectivity index (χ2v) is 9.36. The molecule has 6 heteroatoms. The maximum Gasteiger partial charge on any atom is 0.131 e. The highest BCUT2D eigenvalue weighted by atomic mass is 16.5. The Balaban J connectivity index is 1.57. The van der Waals surface area contributed by atoms with Crippen molar-refractivity contribution in [3.63, 3.8) is 0 Å². The molecule has 6 nitrogen and oxygen atoms in total. The first-order valence-electron chi connectivity index (χ1n) is 11.8. The van der Waals surface area contributed by atoms with Crippen molar-refractivity contribution >= 4 is 5.82 Å². The number of anilines is 1. The van der Waals surface area contributed by atoms with E-state index in [0.29, 0.717) is 5.92 Å². The Kier molecular flexibility index (Phi) is 6.87. The van der Waals surface area contributed by atoms with Crippen LogP contribution in [0.15, 0.2) is 24.3 Å². The van der Waals surface area contributed by atoms with Gasteiger partial charge in [-0.05, 0) is 24.8 Å².